The number of hydrogen-bond donors (Lipinski definition) is 2. The Morgan fingerprint density at radius 3 is 2.75 bits per heavy atom. The van der Waals surface area contributed by atoms with Gasteiger partial charge in [0.05, 0.1) is 0 Å². The number of hydrogen-bond acceptors (Lipinski definition) is 4. The summed E-state index contributed by atoms with van der Waals surface area (Å²) in [6, 6.07) is 0. The molecule has 5 heteroatoms. The zero-order valence-electron chi connectivity index (χ0n) is 12.8. The van der Waals surface area contributed by atoms with Gasteiger partial charge in [-0.25, -0.2) is 4.98 Å². The average molecular weight is 281 g/mol. The predicted molar refractivity (Wildman–Crippen MR) is 81.9 cm³/mol. The van der Waals surface area contributed by atoms with Gasteiger partial charge in [-0.2, -0.15) is 0 Å². The lowest BCUT2D eigenvalue weighted by Crippen LogP contribution is -2.28. The Balaban J connectivity index is 2.69. The lowest BCUT2D eigenvalue weighted by molar-refractivity contribution is 0.255. The Kier molecular flexibility index (Phi) is 7.30. The fourth-order valence-electron chi connectivity index (χ4n) is 2.29. The normalized spacial score (nSPS) is 12.7. The molecule has 0 fully saturated rings. The highest BCUT2D eigenvalue weighted by atomic mass is 16.3. The van der Waals surface area contributed by atoms with E-state index >= 15 is 0 Å². The molecular formula is C15H27N3O2. The first-order valence-electron chi connectivity index (χ1n) is 7.48. The molecule has 1 atom stereocenters. The minimum Gasteiger partial charge on any atom is -0.396 e. The van der Waals surface area contributed by atoms with Gasteiger partial charge in [0.25, 0.3) is 5.56 Å². The van der Waals surface area contributed by atoms with Crippen LogP contribution < -0.4 is 10.9 Å². The first-order chi connectivity index (χ1) is 9.58. The molecule has 1 heterocycles. The summed E-state index contributed by atoms with van der Waals surface area (Å²) in [6.07, 6.45) is 6.26. The van der Waals surface area contributed by atoms with Gasteiger partial charge in [0.1, 0.15) is 0 Å². The number of anilines is 1. The molecule has 0 aliphatic carbocycles. The Morgan fingerprint density at radius 2 is 2.15 bits per heavy atom. The maximum Gasteiger partial charge on any atom is 0.293 e. The zero-order valence-corrected chi connectivity index (χ0v) is 12.8. The van der Waals surface area contributed by atoms with Gasteiger partial charge in [0.2, 0.25) is 0 Å². The van der Waals surface area contributed by atoms with E-state index in [1.807, 2.05) is 0 Å². The van der Waals surface area contributed by atoms with Gasteiger partial charge in [-0.3, -0.25) is 4.79 Å². The second-order valence-corrected chi connectivity index (χ2v) is 5.68. The highest BCUT2D eigenvalue weighted by Crippen LogP contribution is 2.11. The van der Waals surface area contributed by atoms with Gasteiger partial charge in [-0.05, 0) is 24.7 Å². The molecule has 1 aromatic rings. The van der Waals surface area contributed by atoms with Gasteiger partial charge in [-0.1, -0.05) is 27.2 Å². The molecule has 0 aliphatic rings. The number of nitrogens with zero attached hydrogens (tertiary/aromatic N) is 2. The molecule has 1 aromatic heterocycles. The quantitative estimate of drug-likeness (QED) is 0.727. The van der Waals surface area contributed by atoms with Crippen LogP contribution in [-0.4, -0.2) is 27.8 Å². The molecule has 0 radical (unpaired) electrons. The topological polar surface area (TPSA) is 67.2 Å². The van der Waals surface area contributed by atoms with Crippen molar-refractivity contribution in [2.24, 2.45) is 11.8 Å². The van der Waals surface area contributed by atoms with Crippen LogP contribution in [0.15, 0.2) is 17.2 Å². The van der Waals surface area contributed by atoms with Crippen molar-refractivity contribution in [3.63, 3.8) is 0 Å². The number of nitrogens with one attached hydrogen (secondary N) is 1. The Labute approximate surface area is 121 Å². The van der Waals surface area contributed by atoms with Crippen molar-refractivity contribution in [1.29, 1.82) is 0 Å². The van der Waals surface area contributed by atoms with Crippen molar-refractivity contribution in [3.05, 3.63) is 22.7 Å². The molecule has 20 heavy (non-hydrogen) atoms. The number of aliphatic hydroxyl groups excluding tert-OH is 1. The van der Waals surface area contributed by atoms with Crippen LogP contribution in [0.1, 0.15) is 40.0 Å². The summed E-state index contributed by atoms with van der Waals surface area (Å²) in [5.41, 5.74) is -0.0690. The van der Waals surface area contributed by atoms with Gasteiger partial charge in [-0.15, -0.1) is 0 Å². The average Bonchev–Trinajstić information content (AvgIpc) is 2.39. The predicted octanol–water partition coefficient (Wildman–Crippen LogP) is 2.11. The second-order valence-electron chi connectivity index (χ2n) is 5.68. The molecular weight excluding hydrogens is 254 g/mol. The van der Waals surface area contributed by atoms with E-state index in [1.54, 1.807) is 17.0 Å². The van der Waals surface area contributed by atoms with Crippen LogP contribution in [0.3, 0.4) is 0 Å². The molecule has 0 bridgehead atoms. The minimum absolute atomic E-state index is 0.0690. The van der Waals surface area contributed by atoms with Crippen LogP contribution in [0.2, 0.25) is 0 Å². The first kappa shape index (κ1) is 16.7. The third-order valence-electron chi connectivity index (χ3n) is 3.27. The van der Waals surface area contributed by atoms with Crippen molar-refractivity contribution < 1.29 is 5.11 Å². The van der Waals surface area contributed by atoms with Crippen LogP contribution in [0, 0.1) is 11.8 Å². The van der Waals surface area contributed by atoms with E-state index in [0.29, 0.717) is 30.7 Å². The van der Waals surface area contributed by atoms with E-state index in [9.17, 15) is 4.79 Å². The van der Waals surface area contributed by atoms with Crippen LogP contribution in [0.25, 0.3) is 0 Å². The fraction of sp³-hybridized carbons (Fsp3) is 0.733. The summed E-state index contributed by atoms with van der Waals surface area (Å²) in [6.45, 7) is 7.86. The summed E-state index contributed by atoms with van der Waals surface area (Å²) in [5.74, 6) is 1.21. The molecule has 0 saturated heterocycles. The number of aromatic nitrogens is 2. The van der Waals surface area contributed by atoms with E-state index in [2.05, 4.69) is 31.1 Å². The molecule has 2 N–H and O–H groups in total. The lowest BCUT2D eigenvalue weighted by Gasteiger charge is -2.16. The molecule has 1 rings (SSSR count). The van der Waals surface area contributed by atoms with E-state index in [4.69, 9.17) is 5.11 Å². The summed E-state index contributed by atoms with van der Waals surface area (Å²) in [4.78, 5) is 16.4. The van der Waals surface area contributed by atoms with Crippen LogP contribution in [-0.2, 0) is 6.54 Å². The summed E-state index contributed by atoms with van der Waals surface area (Å²) in [7, 11) is 0. The molecule has 0 aromatic carbocycles. The summed E-state index contributed by atoms with van der Waals surface area (Å²) >= 11 is 0. The molecule has 0 aliphatic heterocycles. The van der Waals surface area contributed by atoms with Crippen molar-refractivity contribution in [2.45, 2.75) is 46.6 Å². The minimum atomic E-state index is -0.0690. The third kappa shape index (κ3) is 5.33. The maximum atomic E-state index is 12.2. The molecule has 114 valence electrons. The Morgan fingerprint density at radius 1 is 1.40 bits per heavy atom. The smallest absolute Gasteiger partial charge is 0.293 e. The molecule has 0 spiro atoms. The third-order valence-corrected chi connectivity index (χ3v) is 3.27. The zero-order chi connectivity index (χ0) is 15.0. The summed E-state index contributed by atoms with van der Waals surface area (Å²) < 4.78 is 1.70. The van der Waals surface area contributed by atoms with Gasteiger partial charge in [0.15, 0.2) is 5.82 Å². The monoisotopic (exact) mass is 281 g/mol. The molecule has 1 unspecified atom stereocenters. The largest absolute Gasteiger partial charge is 0.396 e. The van der Waals surface area contributed by atoms with Crippen molar-refractivity contribution >= 4 is 5.82 Å². The van der Waals surface area contributed by atoms with Crippen molar-refractivity contribution in [1.82, 2.24) is 9.55 Å². The van der Waals surface area contributed by atoms with Crippen LogP contribution >= 0.6 is 0 Å². The molecule has 0 amide bonds. The van der Waals surface area contributed by atoms with Crippen LogP contribution in [0.4, 0.5) is 5.82 Å². The van der Waals surface area contributed by atoms with Gasteiger partial charge in [0, 0.05) is 32.1 Å². The van der Waals surface area contributed by atoms with Crippen molar-refractivity contribution in [2.75, 3.05) is 18.5 Å². The SMILES string of the molecule is CCCC(CCO)CNc1nccn(CC(C)C)c1=O. The van der Waals surface area contributed by atoms with Crippen molar-refractivity contribution in [3.8, 4) is 0 Å². The highest BCUT2D eigenvalue weighted by Gasteiger charge is 2.10. The lowest BCUT2D eigenvalue weighted by atomic mass is 10.0. The van der Waals surface area contributed by atoms with Crippen LogP contribution in [0.5, 0.6) is 0 Å². The fourth-order valence-corrected chi connectivity index (χ4v) is 2.29. The Bertz CT molecular complexity index is 437. The number of rotatable bonds is 9. The van der Waals surface area contributed by atoms with E-state index in [-0.39, 0.29) is 12.2 Å². The van der Waals surface area contributed by atoms with E-state index < -0.39 is 0 Å². The van der Waals surface area contributed by atoms with E-state index in [1.165, 1.54) is 0 Å². The Hall–Kier alpha value is -1.36. The van der Waals surface area contributed by atoms with E-state index in [0.717, 1.165) is 19.3 Å². The second kappa shape index (κ2) is 8.74. The number of aliphatic hydroxyl groups is 1. The van der Waals surface area contributed by atoms with Gasteiger partial charge < -0.3 is 15.0 Å². The highest BCUT2D eigenvalue weighted by molar-refractivity contribution is 5.30. The summed E-state index contributed by atoms with van der Waals surface area (Å²) in [5, 5.41) is 12.2. The first-order valence-corrected chi connectivity index (χ1v) is 7.48. The molecule has 5 nitrogen and oxygen atoms in total. The standard InChI is InChI=1S/C15H27N3O2/c1-4-5-13(6-9-19)10-17-14-15(20)18(8-7-16-14)11-12(2)3/h7-8,12-13,19H,4-6,9-11H2,1-3H3,(H,16,17). The molecule has 0 saturated carbocycles. The maximum absolute atomic E-state index is 12.2. The van der Waals surface area contributed by atoms with Gasteiger partial charge >= 0.3 is 0 Å².